The van der Waals surface area contributed by atoms with Crippen molar-refractivity contribution >= 4 is 17.5 Å². The highest BCUT2D eigenvalue weighted by Gasteiger charge is 2.15. The molecule has 5 heteroatoms. The smallest absolute Gasteiger partial charge is 0.255 e. The van der Waals surface area contributed by atoms with Gasteiger partial charge in [-0.3, -0.25) is 9.78 Å². The van der Waals surface area contributed by atoms with Crippen molar-refractivity contribution < 1.29 is 9.18 Å². The molecule has 0 unspecified atom stereocenters. The maximum Gasteiger partial charge on any atom is 0.255 e. The van der Waals surface area contributed by atoms with Crippen LogP contribution < -0.4 is 0 Å². The fourth-order valence-corrected chi connectivity index (χ4v) is 1.89. The molecule has 98 valence electrons. The number of carbonyl (C=O) groups excluding carboxylic acids is 1. The van der Waals surface area contributed by atoms with Crippen LogP contribution in [-0.2, 0) is 6.54 Å². The molecule has 0 aliphatic rings. The number of pyridine rings is 1. The van der Waals surface area contributed by atoms with Gasteiger partial charge in [0, 0.05) is 26.0 Å². The average molecular weight is 279 g/mol. The highest BCUT2D eigenvalue weighted by molar-refractivity contribution is 6.33. The Morgan fingerprint density at radius 1 is 1.32 bits per heavy atom. The summed E-state index contributed by atoms with van der Waals surface area (Å²) in [7, 11) is 1.67. The van der Waals surface area contributed by atoms with E-state index in [0.29, 0.717) is 17.1 Å². The molecule has 2 aromatic rings. The third-order valence-electron chi connectivity index (χ3n) is 2.68. The minimum atomic E-state index is -0.296. The monoisotopic (exact) mass is 278 g/mol. The van der Waals surface area contributed by atoms with Crippen LogP contribution in [0.25, 0.3) is 0 Å². The number of carbonyl (C=O) groups is 1. The highest BCUT2D eigenvalue weighted by atomic mass is 35.5. The van der Waals surface area contributed by atoms with E-state index in [2.05, 4.69) is 4.98 Å². The maximum absolute atomic E-state index is 12.8. The topological polar surface area (TPSA) is 33.2 Å². The second-order valence-corrected chi connectivity index (χ2v) is 4.55. The number of hydrogen-bond donors (Lipinski definition) is 0. The molecule has 0 saturated heterocycles. The van der Waals surface area contributed by atoms with E-state index in [0.717, 1.165) is 5.56 Å². The van der Waals surface area contributed by atoms with Gasteiger partial charge >= 0.3 is 0 Å². The van der Waals surface area contributed by atoms with E-state index in [-0.39, 0.29) is 11.7 Å². The third kappa shape index (κ3) is 3.29. The van der Waals surface area contributed by atoms with Gasteiger partial charge in [-0.1, -0.05) is 23.7 Å². The quantitative estimate of drug-likeness (QED) is 0.864. The molecule has 3 nitrogen and oxygen atoms in total. The Labute approximate surface area is 115 Å². The molecule has 0 spiro atoms. The van der Waals surface area contributed by atoms with Crippen molar-refractivity contribution in [2.24, 2.45) is 0 Å². The van der Waals surface area contributed by atoms with Gasteiger partial charge in [-0.15, -0.1) is 0 Å². The molecule has 1 heterocycles. The molecule has 0 atom stereocenters. The molecule has 1 amide bonds. The molecule has 2 rings (SSSR count). The van der Waals surface area contributed by atoms with Crippen LogP contribution in [0.15, 0.2) is 42.7 Å². The van der Waals surface area contributed by atoms with Crippen LogP contribution in [0.3, 0.4) is 0 Å². The van der Waals surface area contributed by atoms with Gasteiger partial charge in [0.15, 0.2) is 0 Å². The lowest BCUT2D eigenvalue weighted by Gasteiger charge is -2.17. The Bertz CT molecular complexity index is 586. The van der Waals surface area contributed by atoms with Gasteiger partial charge in [-0.25, -0.2) is 4.39 Å². The van der Waals surface area contributed by atoms with Crippen molar-refractivity contribution in [2.45, 2.75) is 6.54 Å². The summed E-state index contributed by atoms with van der Waals surface area (Å²) >= 11 is 5.93. The minimum Gasteiger partial charge on any atom is -0.337 e. The van der Waals surface area contributed by atoms with Crippen LogP contribution >= 0.6 is 11.6 Å². The first-order chi connectivity index (χ1) is 9.08. The van der Waals surface area contributed by atoms with Crippen molar-refractivity contribution in [3.8, 4) is 0 Å². The van der Waals surface area contributed by atoms with Gasteiger partial charge in [0.2, 0.25) is 0 Å². The SMILES string of the molecule is CN(Cc1ccc(F)cc1)C(=O)c1ccncc1Cl. The Morgan fingerprint density at radius 2 is 2.00 bits per heavy atom. The number of benzene rings is 1. The van der Waals surface area contributed by atoms with E-state index < -0.39 is 0 Å². The zero-order valence-corrected chi connectivity index (χ0v) is 11.1. The predicted octanol–water partition coefficient (Wildman–Crippen LogP) is 3.15. The number of hydrogen-bond acceptors (Lipinski definition) is 2. The van der Waals surface area contributed by atoms with E-state index in [1.54, 1.807) is 25.2 Å². The van der Waals surface area contributed by atoms with E-state index in [9.17, 15) is 9.18 Å². The normalized spacial score (nSPS) is 10.3. The number of aromatic nitrogens is 1. The highest BCUT2D eigenvalue weighted by Crippen LogP contribution is 2.16. The van der Waals surface area contributed by atoms with Crippen LogP contribution in [0, 0.1) is 5.82 Å². The fourth-order valence-electron chi connectivity index (χ4n) is 1.69. The molecule has 0 radical (unpaired) electrons. The van der Waals surface area contributed by atoms with Crippen molar-refractivity contribution in [1.82, 2.24) is 9.88 Å². The Morgan fingerprint density at radius 3 is 2.63 bits per heavy atom. The first-order valence-electron chi connectivity index (χ1n) is 5.67. The van der Waals surface area contributed by atoms with Gasteiger partial charge < -0.3 is 4.90 Å². The fraction of sp³-hybridized carbons (Fsp3) is 0.143. The standard InChI is InChI=1S/C14H12ClFN2O/c1-18(9-10-2-4-11(16)5-3-10)14(19)12-6-7-17-8-13(12)15/h2-8H,9H2,1H3. The molecule has 0 bridgehead atoms. The van der Waals surface area contributed by atoms with Gasteiger partial charge in [0.1, 0.15) is 5.82 Å². The summed E-state index contributed by atoms with van der Waals surface area (Å²) in [6, 6.07) is 7.60. The van der Waals surface area contributed by atoms with Gasteiger partial charge in [0.25, 0.3) is 5.91 Å². The lowest BCUT2D eigenvalue weighted by atomic mass is 10.2. The van der Waals surface area contributed by atoms with Crippen LogP contribution in [0.2, 0.25) is 5.02 Å². The third-order valence-corrected chi connectivity index (χ3v) is 2.98. The molecule has 1 aromatic heterocycles. The van der Waals surface area contributed by atoms with Crippen molar-refractivity contribution in [3.63, 3.8) is 0 Å². The summed E-state index contributed by atoms with van der Waals surface area (Å²) in [6.45, 7) is 0.387. The molecule has 0 fully saturated rings. The van der Waals surface area contributed by atoms with Crippen molar-refractivity contribution in [2.75, 3.05) is 7.05 Å². The average Bonchev–Trinajstić information content (AvgIpc) is 2.41. The summed E-state index contributed by atoms with van der Waals surface area (Å²) < 4.78 is 12.8. The second kappa shape index (κ2) is 5.80. The summed E-state index contributed by atoms with van der Waals surface area (Å²) in [4.78, 5) is 17.5. The van der Waals surface area contributed by atoms with Crippen LogP contribution in [-0.4, -0.2) is 22.8 Å². The Kier molecular flexibility index (Phi) is 4.12. The van der Waals surface area contributed by atoms with E-state index in [4.69, 9.17) is 11.6 Å². The van der Waals surface area contributed by atoms with E-state index in [1.165, 1.54) is 29.4 Å². The zero-order valence-electron chi connectivity index (χ0n) is 10.3. The van der Waals surface area contributed by atoms with Crippen LogP contribution in [0.1, 0.15) is 15.9 Å². The molecule has 0 aliphatic heterocycles. The summed E-state index contributed by atoms with van der Waals surface area (Å²) in [6.07, 6.45) is 2.95. The van der Waals surface area contributed by atoms with Crippen LogP contribution in [0.4, 0.5) is 4.39 Å². The Hall–Kier alpha value is -1.94. The molecule has 1 aromatic carbocycles. The lowest BCUT2D eigenvalue weighted by Crippen LogP contribution is -2.26. The number of amides is 1. The number of nitrogens with zero attached hydrogens (tertiary/aromatic N) is 2. The van der Waals surface area contributed by atoms with E-state index in [1.807, 2.05) is 0 Å². The summed E-state index contributed by atoms with van der Waals surface area (Å²) in [5.74, 6) is -0.494. The molecule has 0 N–H and O–H groups in total. The summed E-state index contributed by atoms with van der Waals surface area (Å²) in [5.41, 5.74) is 1.25. The predicted molar refractivity (Wildman–Crippen MR) is 71.4 cm³/mol. The van der Waals surface area contributed by atoms with Gasteiger partial charge in [0.05, 0.1) is 10.6 Å². The van der Waals surface area contributed by atoms with Crippen LogP contribution in [0.5, 0.6) is 0 Å². The van der Waals surface area contributed by atoms with Gasteiger partial charge in [-0.2, -0.15) is 0 Å². The van der Waals surface area contributed by atoms with Crippen molar-refractivity contribution in [1.29, 1.82) is 0 Å². The Balaban J connectivity index is 2.12. The molecular weight excluding hydrogens is 267 g/mol. The lowest BCUT2D eigenvalue weighted by molar-refractivity contribution is 0.0785. The molecule has 0 aliphatic carbocycles. The van der Waals surface area contributed by atoms with Crippen molar-refractivity contribution in [3.05, 3.63) is 64.7 Å². The zero-order chi connectivity index (χ0) is 13.8. The maximum atomic E-state index is 12.8. The summed E-state index contributed by atoms with van der Waals surface area (Å²) in [5, 5.41) is 0.318. The second-order valence-electron chi connectivity index (χ2n) is 4.14. The molecule has 0 saturated carbocycles. The first-order valence-corrected chi connectivity index (χ1v) is 6.05. The molecular formula is C14H12ClFN2O. The molecule has 19 heavy (non-hydrogen) atoms. The van der Waals surface area contributed by atoms with E-state index >= 15 is 0 Å². The number of rotatable bonds is 3. The van der Waals surface area contributed by atoms with Gasteiger partial charge in [-0.05, 0) is 23.8 Å². The largest absolute Gasteiger partial charge is 0.337 e. The number of halogens is 2. The first kappa shape index (κ1) is 13.5. The minimum absolute atomic E-state index is 0.197.